The lowest BCUT2D eigenvalue weighted by molar-refractivity contribution is 0.305. The zero-order valence-electron chi connectivity index (χ0n) is 9.13. The monoisotopic (exact) mass is 225 g/mol. The van der Waals surface area contributed by atoms with Crippen molar-refractivity contribution in [2.24, 2.45) is 0 Å². The fourth-order valence-electron chi connectivity index (χ4n) is 1.38. The lowest BCUT2D eigenvalue weighted by atomic mass is 10.2. The summed E-state index contributed by atoms with van der Waals surface area (Å²) >= 11 is 0. The first kappa shape index (κ1) is 11.0. The van der Waals surface area contributed by atoms with E-state index in [-0.39, 0.29) is 0 Å². The molecule has 2 aromatic rings. The van der Waals surface area contributed by atoms with Crippen LogP contribution in [0.5, 0.6) is 5.75 Å². The first-order valence-corrected chi connectivity index (χ1v) is 5.12. The Bertz CT molecular complexity index is 543. The Kier molecular flexibility index (Phi) is 3.22. The molecule has 0 bridgehead atoms. The molecule has 0 aliphatic carbocycles. The summed E-state index contributed by atoms with van der Waals surface area (Å²) in [5, 5.41) is 8.87. The van der Waals surface area contributed by atoms with Gasteiger partial charge in [0.15, 0.2) is 0 Å². The molecule has 17 heavy (non-hydrogen) atoms. The second kappa shape index (κ2) is 4.99. The van der Waals surface area contributed by atoms with Crippen LogP contribution in [0.25, 0.3) is 0 Å². The molecule has 0 aliphatic heterocycles. The summed E-state index contributed by atoms with van der Waals surface area (Å²) < 4.78 is 5.54. The Labute approximate surface area is 99.3 Å². The first-order chi connectivity index (χ1) is 8.29. The van der Waals surface area contributed by atoms with Gasteiger partial charge in [-0.2, -0.15) is 5.26 Å². The van der Waals surface area contributed by atoms with E-state index in [0.29, 0.717) is 23.7 Å². The zero-order valence-corrected chi connectivity index (χ0v) is 9.13. The fraction of sp³-hybridized carbons (Fsp3) is 0.0769. The predicted molar refractivity (Wildman–Crippen MR) is 64.1 cm³/mol. The fourth-order valence-corrected chi connectivity index (χ4v) is 1.38. The maximum atomic E-state index is 8.87. The van der Waals surface area contributed by atoms with Gasteiger partial charge in [-0.15, -0.1) is 0 Å². The number of nitrogen functional groups attached to an aromatic ring is 1. The molecule has 0 amide bonds. The van der Waals surface area contributed by atoms with Crippen LogP contribution in [0.1, 0.15) is 11.3 Å². The molecule has 2 N–H and O–H groups in total. The second-order valence-electron chi connectivity index (χ2n) is 3.48. The van der Waals surface area contributed by atoms with E-state index < -0.39 is 0 Å². The van der Waals surface area contributed by atoms with Crippen LogP contribution in [-0.2, 0) is 6.61 Å². The summed E-state index contributed by atoms with van der Waals surface area (Å²) in [7, 11) is 0. The van der Waals surface area contributed by atoms with Crippen LogP contribution in [0.15, 0.2) is 42.6 Å². The SMILES string of the molecule is N#Cc1ncccc1COc1ccc(N)cc1. The maximum absolute atomic E-state index is 8.87. The van der Waals surface area contributed by atoms with E-state index in [1.54, 1.807) is 36.5 Å². The molecule has 1 heterocycles. The number of nitriles is 1. The van der Waals surface area contributed by atoms with Gasteiger partial charge in [-0.1, -0.05) is 6.07 Å². The second-order valence-corrected chi connectivity index (χ2v) is 3.48. The molecule has 0 unspecified atom stereocenters. The summed E-state index contributed by atoms with van der Waals surface area (Å²) in [6.07, 6.45) is 1.59. The summed E-state index contributed by atoms with van der Waals surface area (Å²) in [5.41, 5.74) is 7.42. The van der Waals surface area contributed by atoms with Gasteiger partial charge in [0.05, 0.1) is 0 Å². The highest BCUT2D eigenvalue weighted by molar-refractivity contribution is 5.41. The minimum Gasteiger partial charge on any atom is -0.489 e. The van der Waals surface area contributed by atoms with E-state index in [0.717, 1.165) is 5.56 Å². The number of ether oxygens (including phenoxy) is 1. The minimum absolute atomic E-state index is 0.320. The van der Waals surface area contributed by atoms with Crippen molar-refractivity contribution in [3.8, 4) is 11.8 Å². The van der Waals surface area contributed by atoms with E-state index in [4.69, 9.17) is 15.7 Å². The van der Waals surface area contributed by atoms with Crippen LogP contribution in [0, 0.1) is 11.3 Å². The molecule has 0 radical (unpaired) electrons. The average Bonchev–Trinajstić information content (AvgIpc) is 2.38. The van der Waals surface area contributed by atoms with Crippen molar-refractivity contribution >= 4 is 5.69 Å². The third kappa shape index (κ3) is 2.73. The van der Waals surface area contributed by atoms with Crippen LogP contribution in [-0.4, -0.2) is 4.98 Å². The molecular weight excluding hydrogens is 214 g/mol. The lowest BCUT2D eigenvalue weighted by Gasteiger charge is -2.07. The molecule has 0 saturated carbocycles. The van der Waals surface area contributed by atoms with Crippen molar-refractivity contribution in [1.29, 1.82) is 5.26 Å². The smallest absolute Gasteiger partial charge is 0.147 e. The summed E-state index contributed by atoms with van der Waals surface area (Å²) in [6, 6.07) is 12.7. The number of anilines is 1. The quantitative estimate of drug-likeness (QED) is 0.812. The van der Waals surface area contributed by atoms with E-state index in [1.165, 1.54) is 0 Å². The number of aromatic nitrogens is 1. The number of hydrogen-bond acceptors (Lipinski definition) is 4. The largest absolute Gasteiger partial charge is 0.489 e. The van der Waals surface area contributed by atoms with Crippen LogP contribution < -0.4 is 10.5 Å². The van der Waals surface area contributed by atoms with E-state index in [1.807, 2.05) is 12.1 Å². The molecule has 0 fully saturated rings. The van der Waals surface area contributed by atoms with E-state index >= 15 is 0 Å². The van der Waals surface area contributed by atoms with Crippen molar-refractivity contribution in [2.45, 2.75) is 6.61 Å². The minimum atomic E-state index is 0.320. The molecular formula is C13H11N3O. The highest BCUT2D eigenvalue weighted by Crippen LogP contribution is 2.15. The highest BCUT2D eigenvalue weighted by Gasteiger charge is 2.02. The Morgan fingerprint density at radius 3 is 2.71 bits per heavy atom. The van der Waals surface area contributed by atoms with Gasteiger partial charge >= 0.3 is 0 Å². The number of benzene rings is 1. The lowest BCUT2D eigenvalue weighted by Crippen LogP contribution is -1.99. The molecule has 4 nitrogen and oxygen atoms in total. The Hall–Kier alpha value is -2.54. The van der Waals surface area contributed by atoms with Gasteiger partial charge in [0.25, 0.3) is 0 Å². The summed E-state index contributed by atoms with van der Waals surface area (Å²) in [4.78, 5) is 3.96. The van der Waals surface area contributed by atoms with Gasteiger partial charge in [0.2, 0.25) is 0 Å². The molecule has 2 rings (SSSR count). The van der Waals surface area contributed by atoms with Crippen molar-refractivity contribution in [2.75, 3.05) is 5.73 Å². The third-order valence-corrected chi connectivity index (χ3v) is 2.27. The van der Waals surface area contributed by atoms with Crippen molar-refractivity contribution in [3.05, 3.63) is 53.9 Å². The molecule has 1 aromatic heterocycles. The van der Waals surface area contributed by atoms with Crippen LogP contribution in [0.2, 0.25) is 0 Å². The third-order valence-electron chi connectivity index (χ3n) is 2.27. The van der Waals surface area contributed by atoms with Gasteiger partial charge in [-0.3, -0.25) is 0 Å². The molecule has 0 aliphatic rings. The first-order valence-electron chi connectivity index (χ1n) is 5.12. The molecule has 0 saturated heterocycles. The maximum Gasteiger partial charge on any atom is 0.147 e. The molecule has 84 valence electrons. The van der Waals surface area contributed by atoms with E-state index in [2.05, 4.69) is 4.98 Å². The van der Waals surface area contributed by atoms with Gasteiger partial charge in [0, 0.05) is 17.4 Å². The van der Waals surface area contributed by atoms with Gasteiger partial charge < -0.3 is 10.5 Å². The normalized spacial score (nSPS) is 9.59. The van der Waals surface area contributed by atoms with Gasteiger partial charge in [0.1, 0.15) is 24.1 Å². The summed E-state index contributed by atoms with van der Waals surface area (Å²) in [5.74, 6) is 0.715. The standard InChI is InChI=1S/C13H11N3O/c14-8-13-10(2-1-7-16-13)9-17-12-5-3-11(15)4-6-12/h1-7H,9,15H2. The Morgan fingerprint density at radius 2 is 2.00 bits per heavy atom. The van der Waals surface area contributed by atoms with Crippen LogP contribution >= 0.6 is 0 Å². The number of hydrogen-bond donors (Lipinski definition) is 1. The number of nitrogens with two attached hydrogens (primary N) is 1. The summed E-state index contributed by atoms with van der Waals surface area (Å²) in [6.45, 7) is 0.320. The highest BCUT2D eigenvalue weighted by atomic mass is 16.5. The van der Waals surface area contributed by atoms with E-state index in [9.17, 15) is 0 Å². The van der Waals surface area contributed by atoms with Crippen molar-refractivity contribution in [3.63, 3.8) is 0 Å². The molecule has 1 aromatic carbocycles. The zero-order chi connectivity index (χ0) is 12.1. The molecule has 4 heteroatoms. The van der Waals surface area contributed by atoms with Crippen molar-refractivity contribution < 1.29 is 4.74 Å². The topological polar surface area (TPSA) is 71.9 Å². The Morgan fingerprint density at radius 1 is 1.24 bits per heavy atom. The molecule has 0 atom stereocenters. The number of nitrogens with zero attached hydrogens (tertiary/aromatic N) is 2. The number of rotatable bonds is 3. The van der Waals surface area contributed by atoms with Crippen LogP contribution in [0.4, 0.5) is 5.69 Å². The van der Waals surface area contributed by atoms with Gasteiger partial charge in [-0.05, 0) is 30.3 Å². The molecule has 0 spiro atoms. The average molecular weight is 225 g/mol. The predicted octanol–water partition coefficient (Wildman–Crippen LogP) is 2.11. The Balaban J connectivity index is 2.08. The van der Waals surface area contributed by atoms with Crippen LogP contribution in [0.3, 0.4) is 0 Å². The number of pyridine rings is 1. The van der Waals surface area contributed by atoms with Gasteiger partial charge in [-0.25, -0.2) is 4.98 Å². The van der Waals surface area contributed by atoms with Crippen molar-refractivity contribution in [1.82, 2.24) is 4.98 Å².